The molecule has 0 aliphatic carbocycles. The zero-order valence-electron chi connectivity index (χ0n) is 15.8. The first-order valence-electron chi connectivity index (χ1n) is 8.62. The smallest absolute Gasteiger partial charge is 0.227 e. The molecule has 3 N–H and O–H groups in total. The molecule has 0 saturated heterocycles. The molecule has 1 aromatic rings. The number of amides is 1. The third-order valence-corrected chi connectivity index (χ3v) is 3.88. The number of aliphatic imine (C=N–C) groups is 1. The van der Waals surface area contributed by atoms with Crippen LogP contribution in [-0.4, -0.2) is 45.2 Å². The van der Waals surface area contributed by atoms with Gasteiger partial charge in [-0.05, 0) is 32.9 Å². The van der Waals surface area contributed by atoms with Crippen LogP contribution in [0.3, 0.4) is 0 Å². The van der Waals surface area contributed by atoms with Crippen molar-refractivity contribution in [3.8, 4) is 11.5 Å². The van der Waals surface area contributed by atoms with Crippen molar-refractivity contribution >= 4 is 41.5 Å². The number of nitrogens with zero attached hydrogens (tertiary/aromatic N) is 1. The van der Waals surface area contributed by atoms with Crippen molar-refractivity contribution in [1.82, 2.24) is 10.6 Å². The van der Waals surface area contributed by atoms with Gasteiger partial charge in [-0.3, -0.25) is 9.79 Å². The molecule has 26 heavy (non-hydrogen) atoms. The van der Waals surface area contributed by atoms with Crippen molar-refractivity contribution in [2.75, 3.05) is 38.7 Å². The minimum absolute atomic E-state index is 0. The molecule has 1 aromatic carbocycles. The van der Waals surface area contributed by atoms with E-state index in [1.54, 1.807) is 7.05 Å². The van der Waals surface area contributed by atoms with Crippen LogP contribution in [0.4, 0.5) is 5.69 Å². The molecule has 0 bridgehead atoms. The van der Waals surface area contributed by atoms with E-state index in [2.05, 4.69) is 20.9 Å². The number of halogens is 1. The maximum atomic E-state index is 12.1. The first-order valence-corrected chi connectivity index (χ1v) is 8.62. The summed E-state index contributed by atoms with van der Waals surface area (Å²) in [6, 6.07) is 5.69. The van der Waals surface area contributed by atoms with Crippen LogP contribution in [0.1, 0.15) is 27.2 Å². The summed E-state index contributed by atoms with van der Waals surface area (Å²) in [5, 5.41) is 9.26. The molecule has 0 radical (unpaired) electrons. The summed E-state index contributed by atoms with van der Waals surface area (Å²) < 4.78 is 11.3. The zero-order valence-corrected chi connectivity index (χ0v) is 18.2. The lowest BCUT2D eigenvalue weighted by molar-refractivity contribution is -0.128. The van der Waals surface area contributed by atoms with Crippen LogP contribution in [0, 0.1) is 5.41 Å². The Hall–Kier alpha value is -1.71. The predicted octanol–water partition coefficient (Wildman–Crippen LogP) is 2.62. The highest BCUT2D eigenvalue weighted by Gasteiger charge is 2.27. The predicted molar refractivity (Wildman–Crippen MR) is 115 cm³/mol. The van der Waals surface area contributed by atoms with Gasteiger partial charge in [0, 0.05) is 38.3 Å². The second kappa shape index (κ2) is 10.4. The second-order valence-electron chi connectivity index (χ2n) is 6.51. The van der Waals surface area contributed by atoms with E-state index in [4.69, 9.17) is 9.47 Å². The van der Waals surface area contributed by atoms with Crippen molar-refractivity contribution in [3.05, 3.63) is 18.2 Å². The van der Waals surface area contributed by atoms with Crippen LogP contribution in [0.15, 0.2) is 23.2 Å². The molecule has 1 heterocycles. The van der Waals surface area contributed by atoms with E-state index in [9.17, 15) is 4.79 Å². The highest BCUT2D eigenvalue weighted by Crippen LogP contribution is 2.32. The molecule has 0 atom stereocenters. The summed E-state index contributed by atoms with van der Waals surface area (Å²) >= 11 is 0. The van der Waals surface area contributed by atoms with Crippen LogP contribution in [-0.2, 0) is 4.79 Å². The Bertz CT molecular complexity index is 635. The van der Waals surface area contributed by atoms with Gasteiger partial charge in [-0.1, -0.05) is 0 Å². The molecule has 0 saturated carbocycles. The number of anilines is 1. The number of ether oxygens (including phenoxy) is 2. The Morgan fingerprint density at radius 3 is 2.54 bits per heavy atom. The molecule has 1 amide bonds. The minimum Gasteiger partial charge on any atom is -0.490 e. The van der Waals surface area contributed by atoms with Gasteiger partial charge in [0.05, 0.1) is 18.6 Å². The summed E-state index contributed by atoms with van der Waals surface area (Å²) in [6.07, 6.45) is 0.871. The molecule has 146 valence electrons. The van der Waals surface area contributed by atoms with Crippen LogP contribution >= 0.6 is 24.0 Å². The molecular weight excluding hydrogens is 447 g/mol. The van der Waals surface area contributed by atoms with E-state index < -0.39 is 5.41 Å². The van der Waals surface area contributed by atoms with E-state index in [1.165, 1.54) is 0 Å². The maximum absolute atomic E-state index is 12.1. The number of hydrogen-bond donors (Lipinski definition) is 3. The van der Waals surface area contributed by atoms with Gasteiger partial charge in [0.2, 0.25) is 5.91 Å². The number of carbonyl (C=O) groups is 1. The first-order chi connectivity index (χ1) is 12.0. The normalized spacial score (nSPS) is 13.9. The Morgan fingerprint density at radius 1 is 1.19 bits per heavy atom. The van der Waals surface area contributed by atoms with Gasteiger partial charge in [0.25, 0.3) is 0 Å². The Balaban J connectivity index is 0.00000338. The molecule has 0 spiro atoms. The SMILES string of the molecule is CCNC(=O)C(C)(C)CNC(=NC)Nc1ccc2c(c1)OCCCO2.I. The number of rotatable bonds is 5. The summed E-state index contributed by atoms with van der Waals surface area (Å²) in [6.45, 7) is 8.08. The fourth-order valence-electron chi connectivity index (χ4n) is 2.34. The average Bonchev–Trinajstić information content (AvgIpc) is 2.83. The van der Waals surface area contributed by atoms with Gasteiger partial charge in [-0.15, -0.1) is 24.0 Å². The Labute approximate surface area is 172 Å². The van der Waals surface area contributed by atoms with E-state index in [0.717, 1.165) is 23.6 Å². The Kier molecular flexibility index (Phi) is 8.97. The van der Waals surface area contributed by atoms with E-state index in [0.29, 0.717) is 32.3 Å². The van der Waals surface area contributed by atoms with E-state index in [-0.39, 0.29) is 29.9 Å². The van der Waals surface area contributed by atoms with Gasteiger partial charge in [0.1, 0.15) is 0 Å². The summed E-state index contributed by atoms with van der Waals surface area (Å²) in [7, 11) is 1.69. The van der Waals surface area contributed by atoms with E-state index in [1.807, 2.05) is 39.0 Å². The van der Waals surface area contributed by atoms with Gasteiger partial charge in [0.15, 0.2) is 17.5 Å². The summed E-state index contributed by atoms with van der Waals surface area (Å²) in [5.74, 6) is 2.07. The third kappa shape index (κ3) is 6.22. The minimum atomic E-state index is -0.543. The van der Waals surface area contributed by atoms with Crippen molar-refractivity contribution in [1.29, 1.82) is 0 Å². The highest BCUT2D eigenvalue weighted by atomic mass is 127. The molecule has 0 unspecified atom stereocenters. The summed E-state index contributed by atoms with van der Waals surface area (Å²) in [5.41, 5.74) is 0.298. The lowest BCUT2D eigenvalue weighted by atomic mass is 9.92. The quantitative estimate of drug-likeness (QED) is 0.346. The van der Waals surface area contributed by atoms with Gasteiger partial charge in [-0.25, -0.2) is 0 Å². The van der Waals surface area contributed by atoms with Crippen LogP contribution in [0.25, 0.3) is 0 Å². The number of guanidine groups is 1. The molecule has 0 fully saturated rings. The number of nitrogens with one attached hydrogen (secondary N) is 3. The molecule has 2 rings (SSSR count). The second-order valence-corrected chi connectivity index (χ2v) is 6.51. The number of carbonyl (C=O) groups excluding carboxylic acids is 1. The standard InChI is InChI=1S/C18H28N4O3.HI/c1-5-20-16(23)18(2,3)12-21-17(19-4)22-13-7-8-14-15(11-13)25-10-6-9-24-14;/h7-8,11H,5-6,9-10,12H2,1-4H3,(H,20,23)(H2,19,21,22);1H. The number of hydrogen-bond acceptors (Lipinski definition) is 4. The Morgan fingerprint density at radius 2 is 1.88 bits per heavy atom. The third-order valence-electron chi connectivity index (χ3n) is 3.88. The monoisotopic (exact) mass is 476 g/mol. The molecule has 1 aliphatic rings. The number of benzene rings is 1. The molecule has 8 heteroatoms. The van der Waals surface area contributed by atoms with Crippen LogP contribution in [0.5, 0.6) is 11.5 Å². The van der Waals surface area contributed by atoms with Gasteiger partial charge < -0.3 is 25.4 Å². The zero-order chi connectivity index (χ0) is 18.3. The first kappa shape index (κ1) is 22.3. The van der Waals surface area contributed by atoms with Crippen molar-refractivity contribution in [3.63, 3.8) is 0 Å². The van der Waals surface area contributed by atoms with Crippen molar-refractivity contribution in [2.45, 2.75) is 27.2 Å². The van der Waals surface area contributed by atoms with Crippen molar-refractivity contribution in [2.24, 2.45) is 10.4 Å². The lowest BCUT2D eigenvalue weighted by Crippen LogP contribution is -2.46. The van der Waals surface area contributed by atoms with Gasteiger partial charge in [-0.2, -0.15) is 0 Å². The largest absolute Gasteiger partial charge is 0.490 e. The van der Waals surface area contributed by atoms with Gasteiger partial charge >= 0.3 is 0 Å². The van der Waals surface area contributed by atoms with E-state index >= 15 is 0 Å². The fraction of sp³-hybridized carbons (Fsp3) is 0.556. The average molecular weight is 476 g/mol. The van der Waals surface area contributed by atoms with Crippen LogP contribution in [0.2, 0.25) is 0 Å². The molecule has 1 aliphatic heterocycles. The molecular formula is C18H29IN4O3. The lowest BCUT2D eigenvalue weighted by Gasteiger charge is -2.25. The fourth-order valence-corrected chi connectivity index (χ4v) is 2.34. The summed E-state index contributed by atoms with van der Waals surface area (Å²) in [4.78, 5) is 16.3. The molecule has 0 aromatic heterocycles. The highest BCUT2D eigenvalue weighted by molar-refractivity contribution is 14.0. The number of fused-ring (bicyclic) bond motifs is 1. The topological polar surface area (TPSA) is 84.0 Å². The van der Waals surface area contributed by atoms with Crippen molar-refractivity contribution < 1.29 is 14.3 Å². The maximum Gasteiger partial charge on any atom is 0.227 e. The molecule has 7 nitrogen and oxygen atoms in total. The van der Waals surface area contributed by atoms with Crippen LogP contribution < -0.4 is 25.4 Å².